The Hall–Kier alpha value is -2.10. The van der Waals surface area contributed by atoms with E-state index in [-0.39, 0.29) is 17.7 Å². The average molecular weight is 387 g/mol. The number of fused-ring (bicyclic) bond motifs is 1. The van der Waals surface area contributed by atoms with Crippen LogP contribution in [0.2, 0.25) is 0 Å². The van der Waals surface area contributed by atoms with E-state index in [9.17, 15) is 4.79 Å². The minimum absolute atomic E-state index is 0.0244. The van der Waals surface area contributed by atoms with Gasteiger partial charge in [0.15, 0.2) is 0 Å². The smallest absolute Gasteiger partial charge is 0.228 e. The summed E-state index contributed by atoms with van der Waals surface area (Å²) in [7, 11) is 0. The van der Waals surface area contributed by atoms with Crippen molar-refractivity contribution in [3.8, 4) is 0 Å². The molecule has 1 aromatic heterocycles. The Bertz CT molecular complexity index is 679. The maximum atomic E-state index is 12.5. The van der Waals surface area contributed by atoms with E-state index in [2.05, 4.69) is 10.5 Å². The lowest BCUT2D eigenvalue weighted by atomic mass is 9.69. The summed E-state index contributed by atoms with van der Waals surface area (Å²) in [6.07, 6.45) is 6.41. The minimum atomic E-state index is 0.0244. The standard InChI is InChI=1S/C18H20N2O2.3C2H6/c21-18(19-12-6-2-1-3-7-12)14-11-10-13(14)17-15-8-4-5-9-16(15)22-20-17;3*1-2/h1-3,6-7,13-14H,4-5,8-11H2,(H,19,21);3*1-2H3/t13-,14-;;;/m0.../s1. The van der Waals surface area contributed by atoms with Crippen molar-refractivity contribution in [3.05, 3.63) is 47.3 Å². The number of nitrogens with zero attached hydrogens (tertiary/aromatic N) is 1. The lowest BCUT2D eigenvalue weighted by Crippen LogP contribution is -2.36. The molecule has 0 radical (unpaired) electrons. The maximum Gasteiger partial charge on any atom is 0.228 e. The molecule has 4 heteroatoms. The van der Waals surface area contributed by atoms with Crippen LogP contribution in [-0.4, -0.2) is 11.1 Å². The number of aryl methyl sites for hydroxylation is 1. The van der Waals surface area contributed by atoms with E-state index in [4.69, 9.17) is 4.52 Å². The van der Waals surface area contributed by atoms with Gasteiger partial charge >= 0.3 is 0 Å². The highest BCUT2D eigenvalue weighted by molar-refractivity contribution is 5.93. The molecular formula is C24H38N2O2. The zero-order valence-corrected chi connectivity index (χ0v) is 18.5. The monoisotopic (exact) mass is 386 g/mol. The van der Waals surface area contributed by atoms with Crippen molar-refractivity contribution in [1.29, 1.82) is 0 Å². The van der Waals surface area contributed by atoms with Gasteiger partial charge in [-0.2, -0.15) is 0 Å². The quantitative estimate of drug-likeness (QED) is 0.633. The SMILES string of the molecule is CC.CC.CC.O=C(Nc1ccccc1)[C@H]1CC[C@@H]1c1noc2c1CCCC2. The Morgan fingerprint density at radius 1 is 0.964 bits per heavy atom. The van der Waals surface area contributed by atoms with Crippen LogP contribution < -0.4 is 5.32 Å². The summed E-state index contributed by atoms with van der Waals surface area (Å²) in [5, 5.41) is 7.32. The molecule has 1 saturated carbocycles. The molecule has 1 aromatic carbocycles. The van der Waals surface area contributed by atoms with Crippen LogP contribution in [0.1, 0.15) is 90.2 Å². The highest BCUT2D eigenvalue weighted by atomic mass is 16.5. The topological polar surface area (TPSA) is 55.1 Å². The van der Waals surface area contributed by atoms with Gasteiger partial charge in [0.1, 0.15) is 5.76 Å². The maximum absolute atomic E-state index is 12.5. The molecule has 2 atom stereocenters. The van der Waals surface area contributed by atoms with Crippen LogP contribution in [0.3, 0.4) is 0 Å². The average Bonchev–Trinajstić information content (AvgIpc) is 3.16. The zero-order chi connectivity index (χ0) is 20.9. The molecule has 1 amide bonds. The van der Waals surface area contributed by atoms with E-state index in [0.29, 0.717) is 0 Å². The van der Waals surface area contributed by atoms with E-state index < -0.39 is 0 Å². The predicted molar refractivity (Wildman–Crippen MR) is 118 cm³/mol. The molecule has 0 saturated heterocycles. The predicted octanol–water partition coefficient (Wildman–Crippen LogP) is 6.76. The molecule has 0 spiro atoms. The second kappa shape index (κ2) is 13.1. The molecule has 1 fully saturated rings. The summed E-state index contributed by atoms with van der Waals surface area (Å²) in [6.45, 7) is 12.0. The fraction of sp³-hybridized carbons (Fsp3) is 0.583. The fourth-order valence-electron chi connectivity index (χ4n) is 3.60. The Balaban J connectivity index is 0.000000599. The lowest BCUT2D eigenvalue weighted by molar-refractivity contribution is -0.123. The Morgan fingerprint density at radius 3 is 2.21 bits per heavy atom. The third kappa shape index (κ3) is 5.70. The first-order valence-electron chi connectivity index (χ1n) is 11.2. The van der Waals surface area contributed by atoms with Gasteiger partial charge in [-0.15, -0.1) is 0 Å². The normalized spacial score (nSPS) is 19.1. The molecule has 2 aromatic rings. The number of aromatic nitrogens is 1. The fourth-order valence-corrected chi connectivity index (χ4v) is 3.60. The summed E-state index contributed by atoms with van der Waals surface area (Å²) < 4.78 is 5.51. The van der Waals surface area contributed by atoms with Crippen molar-refractivity contribution >= 4 is 11.6 Å². The number of nitrogens with one attached hydrogen (secondary N) is 1. The lowest BCUT2D eigenvalue weighted by Gasteiger charge is -2.34. The van der Waals surface area contributed by atoms with Crippen LogP contribution >= 0.6 is 0 Å². The van der Waals surface area contributed by atoms with Gasteiger partial charge in [0.05, 0.1) is 5.69 Å². The van der Waals surface area contributed by atoms with Crippen LogP contribution in [0.25, 0.3) is 0 Å². The Morgan fingerprint density at radius 2 is 1.61 bits per heavy atom. The molecule has 2 aliphatic rings. The number of benzene rings is 1. The molecule has 28 heavy (non-hydrogen) atoms. The Kier molecular flexibility index (Phi) is 11.2. The zero-order valence-electron chi connectivity index (χ0n) is 18.5. The third-order valence-electron chi connectivity index (χ3n) is 4.98. The summed E-state index contributed by atoms with van der Waals surface area (Å²) >= 11 is 0. The minimum Gasteiger partial charge on any atom is -0.361 e. The first kappa shape index (κ1) is 23.9. The molecular weight excluding hydrogens is 348 g/mol. The number of hydrogen-bond acceptors (Lipinski definition) is 3. The van der Waals surface area contributed by atoms with Crippen LogP contribution in [0, 0.1) is 5.92 Å². The summed E-state index contributed by atoms with van der Waals surface area (Å²) in [5.74, 6) is 1.41. The van der Waals surface area contributed by atoms with Crippen molar-refractivity contribution < 1.29 is 9.32 Å². The number of para-hydroxylation sites is 1. The largest absolute Gasteiger partial charge is 0.361 e. The number of carbonyl (C=O) groups is 1. The van der Waals surface area contributed by atoms with Gasteiger partial charge in [-0.1, -0.05) is 64.9 Å². The Labute approximate surface area is 171 Å². The molecule has 4 nitrogen and oxygen atoms in total. The number of rotatable bonds is 3. The van der Waals surface area contributed by atoms with E-state index >= 15 is 0 Å². The number of hydrogen-bond donors (Lipinski definition) is 1. The molecule has 0 unspecified atom stereocenters. The second-order valence-electron chi connectivity index (χ2n) is 6.32. The first-order valence-corrected chi connectivity index (χ1v) is 11.2. The summed E-state index contributed by atoms with van der Waals surface area (Å²) in [5.41, 5.74) is 3.20. The van der Waals surface area contributed by atoms with E-state index in [1.165, 1.54) is 18.4 Å². The van der Waals surface area contributed by atoms with Crippen molar-refractivity contribution in [3.63, 3.8) is 0 Å². The second-order valence-corrected chi connectivity index (χ2v) is 6.32. The van der Waals surface area contributed by atoms with Crippen LogP contribution in [0.4, 0.5) is 5.69 Å². The van der Waals surface area contributed by atoms with Crippen molar-refractivity contribution in [2.45, 2.75) is 86.0 Å². The van der Waals surface area contributed by atoms with E-state index in [1.54, 1.807) is 0 Å². The van der Waals surface area contributed by atoms with Crippen LogP contribution in [0.15, 0.2) is 34.9 Å². The molecule has 156 valence electrons. The third-order valence-corrected chi connectivity index (χ3v) is 4.98. The highest BCUT2D eigenvalue weighted by Gasteiger charge is 2.41. The van der Waals surface area contributed by atoms with Crippen molar-refractivity contribution in [1.82, 2.24) is 5.16 Å². The van der Waals surface area contributed by atoms with Gasteiger partial charge in [-0.25, -0.2) is 0 Å². The van der Waals surface area contributed by atoms with Gasteiger partial charge in [0.25, 0.3) is 0 Å². The van der Waals surface area contributed by atoms with E-state index in [1.807, 2.05) is 71.9 Å². The molecule has 4 rings (SSSR count). The molecule has 1 heterocycles. The number of carbonyl (C=O) groups excluding carboxylic acids is 1. The van der Waals surface area contributed by atoms with Crippen molar-refractivity contribution in [2.75, 3.05) is 5.32 Å². The van der Waals surface area contributed by atoms with Gasteiger partial charge in [-0.3, -0.25) is 4.79 Å². The van der Waals surface area contributed by atoms with E-state index in [0.717, 1.165) is 42.8 Å². The van der Waals surface area contributed by atoms with Gasteiger partial charge in [0.2, 0.25) is 5.91 Å². The summed E-state index contributed by atoms with van der Waals surface area (Å²) in [6, 6.07) is 9.65. The van der Waals surface area contributed by atoms with Crippen LogP contribution in [0.5, 0.6) is 0 Å². The van der Waals surface area contributed by atoms with Gasteiger partial charge in [0, 0.05) is 29.5 Å². The van der Waals surface area contributed by atoms with Gasteiger partial charge in [-0.05, 0) is 44.2 Å². The molecule has 2 aliphatic carbocycles. The number of anilines is 1. The molecule has 1 N–H and O–H groups in total. The number of amides is 1. The highest BCUT2D eigenvalue weighted by Crippen LogP contribution is 2.45. The molecule has 0 aliphatic heterocycles. The van der Waals surface area contributed by atoms with Gasteiger partial charge < -0.3 is 9.84 Å². The van der Waals surface area contributed by atoms with Crippen molar-refractivity contribution in [2.24, 2.45) is 5.92 Å². The molecule has 0 bridgehead atoms. The van der Waals surface area contributed by atoms with Crippen LogP contribution in [-0.2, 0) is 17.6 Å². The summed E-state index contributed by atoms with van der Waals surface area (Å²) in [4.78, 5) is 12.5. The first-order chi connectivity index (χ1) is 13.8.